The number of hydrogen-bond acceptors (Lipinski definition) is 5. The van der Waals surface area contributed by atoms with Gasteiger partial charge in [-0.05, 0) is 50.3 Å². The molecule has 0 unspecified atom stereocenters. The van der Waals surface area contributed by atoms with Gasteiger partial charge in [0, 0.05) is 25.3 Å². The van der Waals surface area contributed by atoms with Crippen molar-refractivity contribution in [2.75, 3.05) is 36.4 Å². The number of halogens is 1. The zero-order valence-corrected chi connectivity index (χ0v) is 19.6. The van der Waals surface area contributed by atoms with Gasteiger partial charge in [0.15, 0.2) is 5.82 Å². The molecule has 0 aliphatic carbocycles. The number of H-pyrrole nitrogens is 1. The second kappa shape index (κ2) is 13.3. The maximum Gasteiger partial charge on any atom is 0.225 e. The number of nitrogens with one attached hydrogen (secondary N) is 2. The summed E-state index contributed by atoms with van der Waals surface area (Å²) in [5, 5.41) is 3.47. The molecule has 32 heavy (non-hydrogen) atoms. The second-order valence-electron chi connectivity index (χ2n) is 8.21. The highest BCUT2D eigenvalue weighted by atomic mass is 35.5. The van der Waals surface area contributed by atoms with E-state index in [0.717, 1.165) is 67.5 Å². The number of nitrogens with two attached hydrogens (primary N) is 1. The van der Waals surface area contributed by atoms with Crippen LogP contribution in [0.2, 0.25) is 0 Å². The van der Waals surface area contributed by atoms with Crippen molar-refractivity contribution in [2.45, 2.75) is 51.4 Å². The molecule has 3 aromatic rings. The molecule has 1 saturated heterocycles. The van der Waals surface area contributed by atoms with Crippen molar-refractivity contribution < 1.29 is 5.48 Å². The van der Waals surface area contributed by atoms with Crippen LogP contribution in [-0.4, -0.2) is 46.6 Å². The van der Waals surface area contributed by atoms with Crippen LogP contribution in [0.1, 0.15) is 51.4 Å². The predicted molar refractivity (Wildman–Crippen MR) is 137 cm³/mol. The van der Waals surface area contributed by atoms with Crippen molar-refractivity contribution in [1.82, 2.24) is 15.0 Å². The molecule has 6 N–H and O–H groups in total. The maximum atomic E-state index is 5.57. The molecule has 3 heterocycles. The van der Waals surface area contributed by atoms with Gasteiger partial charge in [0.2, 0.25) is 5.95 Å². The molecule has 0 radical (unpaired) electrons. The first-order valence-electron chi connectivity index (χ1n) is 11.5. The Bertz CT molecular complexity index is 927. The van der Waals surface area contributed by atoms with Crippen LogP contribution in [0.5, 0.6) is 0 Å². The average molecular weight is 461 g/mol. The fourth-order valence-corrected chi connectivity index (χ4v) is 4.18. The van der Waals surface area contributed by atoms with E-state index in [4.69, 9.17) is 15.7 Å². The Labute approximate surface area is 196 Å². The number of piperidine rings is 1. The minimum Gasteiger partial charge on any atom is -0.412 e. The van der Waals surface area contributed by atoms with Crippen LogP contribution in [0.4, 0.5) is 11.8 Å². The topological polar surface area (TPSA) is 114 Å². The first-order valence-corrected chi connectivity index (χ1v) is 11.5. The molecule has 0 atom stereocenters. The van der Waals surface area contributed by atoms with Crippen LogP contribution in [0, 0.1) is 0 Å². The quantitative estimate of drug-likeness (QED) is 0.384. The van der Waals surface area contributed by atoms with Gasteiger partial charge in [0.1, 0.15) is 5.52 Å². The lowest BCUT2D eigenvalue weighted by atomic mass is 10.1. The third-order valence-corrected chi connectivity index (χ3v) is 5.86. The lowest BCUT2D eigenvalue weighted by Gasteiger charge is -2.28. The van der Waals surface area contributed by atoms with E-state index in [2.05, 4.69) is 45.5 Å². The highest BCUT2D eigenvalue weighted by Gasteiger charge is 2.19. The number of aromatic amines is 1. The first-order chi connectivity index (χ1) is 14.8. The lowest BCUT2D eigenvalue weighted by molar-refractivity contribution is 0.574. The summed E-state index contributed by atoms with van der Waals surface area (Å²) >= 11 is 0. The summed E-state index contributed by atoms with van der Waals surface area (Å²) in [5.74, 6) is 1.77. The number of nitrogens with zero attached hydrogens (tertiary/aromatic N) is 3. The van der Waals surface area contributed by atoms with Crippen molar-refractivity contribution in [3.63, 3.8) is 0 Å². The van der Waals surface area contributed by atoms with Crippen molar-refractivity contribution >= 4 is 35.2 Å². The van der Waals surface area contributed by atoms with Gasteiger partial charge in [-0.2, -0.15) is 4.98 Å². The number of anilines is 2. The Morgan fingerprint density at radius 2 is 1.66 bits per heavy atom. The second-order valence-corrected chi connectivity index (χ2v) is 8.21. The van der Waals surface area contributed by atoms with Crippen molar-refractivity contribution in [3.8, 4) is 11.3 Å². The van der Waals surface area contributed by atoms with Crippen LogP contribution in [0.25, 0.3) is 22.3 Å². The Balaban J connectivity index is 0.00000181. The molecule has 8 heteroatoms. The molecular formula is C24H37ClN6O. The first kappa shape index (κ1) is 25.9. The number of fused-ring (bicyclic) bond motifs is 1. The molecule has 0 bridgehead atoms. The number of benzene rings is 1. The number of rotatable bonds is 10. The zero-order valence-electron chi connectivity index (χ0n) is 18.8. The summed E-state index contributed by atoms with van der Waals surface area (Å²) < 4.78 is 0. The monoisotopic (exact) mass is 460 g/mol. The number of unbranched alkanes of at least 4 members (excludes halogenated alkanes) is 4. The van der Waals surface area contributed by atoms with Crippen LogP contribution in [0.15, 0.2) is 36.4 Å². The SMILES string of the molecule is Cl.NCCCCCCCNc1nc(N2CCCCC2)c2[nH]c(-c3ccccc3)cc2n1.O. The molecule has 0 saturated carbocycles. The molecule has 2 aromatic heterocycles. The Hall–Kier alpha value is -2.35. The minimum atomic E-state index is 0. The van der Waals surface area contributed by atoms with Gasteiger partial charge in [0.25, 0.3) is 0 Å². The summed E-state index contributed by atoms with van der Waals surface area (Å²) in [7, 11) is 0. The van der Waals surface area contributed by atoms with Gasteiger partial charge in [-0.25, -0.2) is 4.98 Å². The van der Waals surface area contributed by atoms with Crippen LogP contribution in [-0.2, 0) is 0 Å². The molecule has 0 amide bonds. The molecule has 1 aliphatic heterocycles. The van der Waals surface area contributed by atoms with E-state index in [9.17, 15) is 0 Å². The molecule has 1 aliphatic rings. The van der Waals surface area contributed by atoms with E-state index < -0.39 is 0 Å². The summed E-state index contributed by atoms with van der Waals surface area (Å²) in [4.78, 5) is 15.8. The van der Waals surface area contributed by atoms with Crippen molar-refractivity contribution in [1.29, 1.82) is 0 Å². The third-order valence-electron chi connectivity index (χ3n) is 5.86. The standard InChI is InChI=1S/C24H34N6.ClH.H2O/c25-14-8-2-1-3-9-15-26-24-28-21-18-20(19-12-6-4-7-13-19)27-22(21)23(29-24)30-16-10-5-11-17-30;;/h4,6-7,12-13,18,27H,1-3,5,8-11,14-17,25H2,(H,26,28,29);1H;1H2. The summed E-state index contributed by atoms with van der Waals surface area (Å²) in [6.07, 6.45) is 9.71. The minimum absolute atomic E-state index is 0. The summed E-state index contributed by atoms with van der Waals surface area (Å²) in [6, 6.07) is 12.6. The Kier molecular flexibility index (Phi) is 10.7. The van der Waals surface area contributed by atoms with E-state index in [1.165, 1.54) is 44.1 Å². The predicted octanol–water partition coefficient (Wildman–Crippen LogP) is 4.53. The summed E-state index contributed by atoms with van der Waals surface area (Å²) in [6.45, 7) is 3.83. The maximum absolute atomic E-state index is 5.57. The van der Waals surface area contributed by atoms with Gasteiger partial charge in [-0.15, -0.1) is 12.4 Å². The molecule has 7 nitrogen and oxygen atoms in total. The smallest absolute Gasteiger partial charge is 0.225 e. The normalized spacial score (nSPS) is 13.5. The van der Waals surface area contributed by atoms with Gasteiger partial charge in [-0.3, -0.25) is 0 Å². The molecule has 176 valence electrons. The lowest BCUT2D eigenvalue weighted by Crippen LogP contribution is -2.30. The molecule has 4 rings (SSSR count). The van der Waals surface area contributed by atoms with E-state index in [1.807, 2.05) is 6.07 Å². The number of aromatic nitrogens is 3. The molecule has 1 aromatic carbocycles. The van der Waals surface area contributed by atoms with Gasteiger partial charge >= 0.3 is 0 Å². The van der Waals surface area contributed by atoms with E-state index >= 15 is 0 Å². The van der Waals surface area contributed by atoms with E-state index in [1.54, 1.807) is 0 Å². The third kappa shape index (κ3) is 6.58. The highest BCUT2D eigenvalue weighted by molar-refractivity contribution is 5.91. The van der Waals surface area contributed by atoms with E-state index in [0.29, 0.717) is 0 Å². The zero-order chi connectivity index (χ0) is 20.6. The van der Waals surface area contributed by atoms with Crippen molar-refractivity contribution in [3.05, 3.63) is 36.4 Å². The molecule has 0 spiro atoms. The van der Waals surface area contributed by atoms with Crippen molar-refractivity contribution in [2.24, 2.45) is 5.73 Å². The molecular weight excluding hydrogens is 424 g/mol. The Morgan fingerprint density at radius 3 is 2.41 bits per heavy atom. The van der Waals surface area contributed by atoms with Gasteiger partial charge < -0.3 is 26.4 Å². The van der Waals surface area contributed by atoms with E-state index in [-0.39, 0.29) is 17.9 Å². The number of hydrogen-bond donors (Lipinski definition) is 3. The van der Waals surface area contributed by atoms with Gasteiger partial charge in [-0.1, -0.05) is 49.6 Å². The fourth-order valence-electron chi connectivity index (χ4n) is 4.18. The highest BCUT2D eigenvalue weighted by Crippen LogP contribution is 2.31. The van der Waals surface area contributed by atoms with Crippen LogP contribution < -0.4 is 16.0 Å². The van der Waals surface area contributed by atoms with Crippen LogP contribution in [0.3, 0.4) is 0 Å². The van der Waals surface area contributed by atoms with Crippen LogP contribution >= 0.6 is 12.4 Å². The van der Waals surface area contributed by atoms with Gasteiger partial charge in [0.05, 0.1) is 5.52 Å². The average Bonchev–Trinajstić information content (AvgIpc) is 3.23. The largest absolute Gasteiger partial charge is 0.412 e. The fraction of sp³-hybridized carbons (Fsp3) is 0.500. The Morgan fingerprint density at radius 1 is 0.938 bits per heavy atom. The summed E-state index contributed by atoms with van der Waals surface area (Å²) in [5.41, 5.74) is 9.86. The molecule has 1 fully saturated rings.